The molecule has 0 radical (unpaired) electrons. The van der Waals surface area contributed by atoms with Crippen molar-refractivity contribution < 1.29 is 28.2 Å². The number of alkyl halides is 2. The molecule has 2 aromatic rings. The van der Waals surface area contributed by atoms with Crippen LogP contribution in [0.2, 0.25) is 0 Å². The topological polar surface area (TPSA) is 80.7 Å². The molecule has 0 aliphatic heterocycles. The van der Waals surface area contributed by atoms with Crippen molar-refractivity contribution in [3.63, 3.8) is 0 Å². The summed E-state index contributed by atoms with van der Waals surface area (Å²) in [7, 11) is 1.52. The van der Waals surface area contributed by atoms with Crippen molar-refractivity contribution in [3.05, 3.63) is 53.7 Å². The molecule has 3 rings (SSSR count). The van der Waals surface area contributed by atoms with E-state index in [1.54, 1.807) is 12.3 Å². The van der Waals surface area contributed by atoms with Gasteiger partial charge in [-0.05, 0) is 48.6 Å². The van der Waals surface area contributed by atoms with Gasteiger partial charge < -0.3 is 19.9 Å². The van der Waals surface area contributed by atoms with Gasteiger partial charge in [-0.1, -0.05) is 6.07 Å². The highest BCUT2D eigenvalue weighted by Crippen LogP contribution is 2.38. The highest BCUT2D eigenvalue weighted by atomic mass is 19.3. The lowest BCUT2D eigenvalue weighted by atomic mass is 9.75. The minimum Gasteiger partial charge on any atom is -0.481 e. The lowest BCUT2D eigenvalue weighted by Crippen LogP contribution is -2.41. The Labute approximate surface area is 155 Å². The number of halogens is 2. The van der Waals surface area contributed by atoms with E-state index in [1.165, 1.54) is 31.4 Å². The number of hydrogen-bond donors (Lipinski definition) is 2. The number of amides is 1. The molecule has 0 unspecified atom stereocenters. The molecule has 144 valence electrons. The van der Waals surface area contributed by atoms with Gasteiger partial charge in [0, 0.05) is 17.8 Å². The molecular formula is C19H20F2N2O4. The summed E-state index contributed by atoms with van der Waals surface area (Å²) in [5, 5.41) is 12.6. The Hall–Kier alpha value is -2.74. The van der Waals surface area contributed by atoms with Gasteiger partial charge in [-0.15, -0.1) is 0 Å². The van der Waals surface area contributed by atoms with Crippen LogP contribution in [0.3, 0.4) is 0 Å². The molecule has 1 saturated carbocycles. The van der Waals surface area contributed by atoms with Crippen LogP contribution in [0.5, 0.6) is 11.6 Å². The van der Waals surface area contributed by atoms with Gasteiger partial charge in [-0.25, -0.2) is 4.98 Å². The number of carbonyl (C=O) groups is 1. The molecule has 1 aliphatic rings. The number of pyridine rings is 1. The summed E-state index contributed by atoms with van der Waals surface area (Å²) < 4.78 is 33.8. The van der Waals surface area contributed by atoms with Crippen LogP contribution in [-0.2, 0) is 0 Å². The minimum absolute atomic E-state index is 0.0143. The Kier molecular flexibility index (Phi) is 5.85. The first-order valence-electron chi connectivity index (χ1n) is 8.50. The second-order valence-electron chi connectivity index (χ2n) is 6.37. The molecular weight excluding hydrogens is 358 g/mol. The zero-order valence-corrected chi connectivity index (χ0v) is 14.6. The van der Waals surface area contributed by atoms with Crippen molar-refractivity contribution in [2.75, 3.05) is 7.11 Å². The smallest absolute Gasteiger partial charge is 0.387 e. The molecule has 27 heavy (non-hydrogen) atoms. The van der Waals surface area contributed by atoms with E-state index in [4.69, 9.17) is 4.74 Å². The summed E-state index contributed by atoms with van der Waals surface area (Å²) in [6.07, 6.45) is 2.43. The Morgan fingerprint density at radius 1 is 1.22 bits per heavy atom. The van der Waals surface area contributed by atoms with Crippen molar-refractivity contribution in [1.82, 2.24) is 10.3 Å². The summed E-state index contributed by atoms with van der Waals surface area (Å²) in [6.45, 7) is -2.92. The zero-order chi connectivity index (χ0) is 19.4. The number of benzene rings is 1. The predicted molar refractivity (Wildman–Crippen MR) is 92.8 cm³/mol. The number of rotatable bonds is 7. The number of aromatic nitrogens is 1. The highest BCUT2D eigenvalue weighted by molar-refractivity contribution is 5.94. The fourth-order valence-corrected chi connectivity index (χ4v) is 3.08. The third kappa shape index (κ3) is 4.71. The van der Waals surface area contributed by atoms with Crippen LogP contribution in [0.15, 0.2) is 42.6 Å². The fraction of sp³-hybridized carbons (Fsp3) is 0.368. The summed E-state index contributed by atoms with van der Waals surface area (Å²) in [5.41, 5.74) is 1.13. The van der Waals surface area contributed by atoms with Crippen LogP contribution in [0.25, 0.3) is 0 Å². The van der Waals surface area contributed by atoms with Gasteiger partial charge in [0.05, 0.1) is 19.3 Å². The Morgan fingerprint density at radius 3 is 2.44 bits per heavy atom. The average Bonchev–Trinajstić information content (AvgIpc) is 2.64. The van der Waals surface area contributed by atoms with Crippen LogP contribution in [0.1, 0.15) is 34.8 Å². The van der Waals surface area contributed by atoms with E-state index in [0.717, 1.165) is 5.56 Å². The molecule has 6 nitrogen and oxygen atoms in total. The Bertz CT molecular complexity index is 762. The number of carbonyl (C=O) groups excluding carboxylic acids is 1. The first kappa shape index (κ1) is 19.0. The number of nitrogens with zero attached hydrogens (tertiary/aromatic N) is 1. The van der Waals surface area contributed by atoms with E-state index in [9.17, 15) is 18.7 Å². The molecule has 0 saturated heterocycles. The van der Waals surface area contributed by atoms with Crippen LogP contribution in [0.4, 0.5) is 8.78 Å². The summed E-state index contributed by atoms with van der Waals surface area (Å²) in [4.78, 5) is 16.8. The number of ether oxygens (including phenoxy) is 2. The zero-order valence-electron chi connectivity index (χ0n) is 14.6. The second-order valence-corrected chi connectivity index (χ2v) is 6.37. The van der Waals surface area contributed by atoms with E-state index >= 15 is 0 Å². The first-order valence-corrected chi connectivity index (χ1v) is 8.50. The SMILES string of the molecule is COc1ccc([C@@H](NC(=O)c2ccc(OC(F)F)cc2)C2CC(O)C2)cn1. The molecule has 0 bridgehead atoms. The van der Waals surface area contributed by atoms with Crippen molar-refractivity contribution in [2.24, 2.45) is 5.92 Å². The van der Waals surface area contributed by atoms with Crippen molar-refractivity contribution in [1.29, 1.82) is 0 Å². The second kappa shape index (κ2) is 8.30. The lowest BCUT2D eigenvalue weighted by Gasteiger charge is -2.38. The van der Waals surface area contributed by atoms with Crippen molar-refractivity contribution in [3.8, 4) is 11.6 Å². The first-order chi connectivity index (χ1) is 13.0. The lowest BCUT2D eigenvalue weighted by molar-refractivity contribution is -0.0498. The van der Waals surface area contributed by atoms with Crippen LogP contribution < -0.4 is 14.8 Å². The highest BCUT2D eigenvalue weighted by Gasteiger charge is 2.36. The summed E-state index contributed by atoms with van der Waals surface area (Å²) >= 11 is 0. The van der Waals surface area contributed by atoms with Crippen LogP contribution in [-0.4, -0.2) is 35.8 Å². The number of nitrogens with one attached hydrogen (secondary N) is 1. The molecule has 0 spiro atoms. The van der Waals surface area contributed by atoms with Gasteiger partial charge >= 0.3 is 6.61 Å². The molecule has 1 atom stereocenters. The predicted octanol–water partition coefficient (Wildman–Crippen LogP) is 2.93. The van der Waals surface area contributed by atoms with Gasteiger partial charge in [0.25, 0.3) is 5.91 Å². The molecule has 2 N–H and O–H groups in total. The van der Waals surface area contributed by atoms with Crippen molar-refractivity contribution in [2.45, 2.75) is 31.6 Å². The molecule has 1 heterocycles. The normalized spacial score (nSPS) is 19.9. The van der Waals surface area contributed by atoms with Gasteiger partial charge in [0.2, 0.25) is 5.88 Å². The van der Waals surface area contributed by atoms with E-state index in [1.807, 2.05) is 6.07 Å². The maximum atomic E-state index is 12.6. The molecule has 1 aromatic carbocycles. The van der Waals surface area contributed by atoms with Gasteiger partial charge in [-0.3, -0.25) is 4.79 Å². The van der Waals surface area contributed by atoms with E-state index < -0.39 is 6.61 Å². The third-order valence-corrected chi connectivity index (χ3v) is 4.58. The van der Waals surface area contributed by atoms with Crippen LogP contribution in [0, 0.1) is 5.92 Å². The minimum atomic E-state index is -2.92. The number of aliphatic hydroxyl groups excluding tert-OH is 1. The number of aliphatic hydroxyl groups is 1. The molecule has 1 aliphatic carbocycles. The number of hydrogen-bond acceptors (Lipinski definition) is 5. The maximum Gasteiger partial charge on any atom is 0.387 e. The van der Waals surface area contributed by atoms with Crippen molar-refractivity contribution >= 4 is 5.91 Å². The van der Waals surface area contributed by atoms with E-state index in [-0.39, 0.29) is 29.7 Å². The fourth-order valence-electron chi connectivity index (χ4n) is 3.08. The molecule has 1 amide bonds. The van der Waals surface area contributed by atoms with Gasteiger partial charge in [-0.2, -0.15) is 8.78 Å². The monoisotopic (exact) mass is 378 g/mol. The Morgan fingerprint density at radius 2 is 1.93 bits per heavy atom. The Balaban J connectivity index is 1.73. The quantitative estimate of drug-likeness (QED) is 0.774. The third-order valence-electron chi connectivity index (χ3n) is 4.58. The van der Waals surface area contributed by atoms with Gasteiger partial charge in [0.1, 0.15) is 5.75 Å². The van der Waals surface area contributed by atoms with E-state index in [2.05, 4.69) is 15.0 Å². The summed E-state index contributed by atoms with van der Waals surface area (Å²) in [6, 6.07) is 8.69. The average molecular weight is 378 g/mol. The maximum absolute atomic E-state index is 12.6. The van der Waals surface area contributed by atoms with E-state index in [0.29, 0.717) is 24.3 Å². The number of methoxy groups -OCH3 is 1. The standard InChI is InChI=1S/C19H20F2N2O4/c1-26-16-7-4-12(10-22-16)17(13-8-14(24)9-13)23-18(25)11-2-5-15(6-3-11)27-19(20)21/h2-7,10,13-14,17,19,24H,8-9H2,1H3,(H,23,25)/t13?,14?,17-/m1/s1. The molecule has 1 aromatic heterocycles. The summed E-state index contributed by atoms with van der Waals surface area (Å²) in [5.74, 6) is 0.188. The largest absolute Gasteiger partial charge is 0.481 e. The van der Waals surface area contributed by atoms with Gasteiger partial charge in [0.15, 0.2) is 0 Å². The van der Waals surface area contributed by atoms with Crippen LogP contribution >= 0.6 is 0 Å². The molecule has 8 heteroatoms. The molecule has 1 fully saturated rings.